The molecule has 8 nitrogen and oxygen atoms in total. The predicted molar refractivity (Wildman–Crippen MR) is 132 cm³/mol. The summed E-state index contributed by atoms with van der Waals surface area (Å²) >= 11 is 0. The average Bonchev–Trinajstić information content (AvgIpc) is 2.63. The molecule has 0 radical (unpaired) electrons. The number of ether oxygens (including phenoxy) is 2. The van der Waals surface area contributed by atoms with Crippen molar-refractivity contribution >= 4 is 28.3 Å². The Bertz CT molecular complexity index is 1040. The molecule has 2 rings (SSSR count). The summed E-state index contributed by atoms with van der Waals surface area (Å²) in [6.07, 6.45) is 2.92. The zero-order valence-corrected chi connectivity index (χ0v) is 22.2. The SMILES string of the molecule is CC(C)(C)OC(=O)N[C@@H](CC=NS(=O)(=O)CCC1(c2cccc(F)c2)CCC1)C(=O)OC(C)(C)C. The number of alkyl carbamates (subject to hydrolysis) is 1. The Labute approximate surface area is 207 Å². The van der Waals surface area contributed by atoms with Crippen LogP contribution in [0.25, 0.3) is 0 Å². The molecular weight excluding hydrogens is 475 g/mol. The summed E-state index contributed by atoms with van der Waals surface area (Å²) in [5, 5.41) is 2.43. The summed E-state index contributed by atoms with van der Waals surface area (Å²) in [4.78, 5) is 24.7. The van der Waals surface area contributed by atoms with E-state index in [9.17, 15) is 22.4 Å². The fraction of sp³-hybridized carbons (Fsp3) is 0.640. The van der Waals surface area contributed by atoms with Gasteiger partial charge in [-0.15, -0.1) is 0 Å². The number of esters is 1. The third kappa shape index (κ3) is 9.58. The van der Waals surface area contributed by atoms with E-state index >= 15 is 0 Å². The molecule has 1 N–H and O–H groups in total. The molecule has 1 amide bonds. The van der Waals surface area contributed by atoms with Crippen LogP contribution in [-0.4, -0.2) is 49.7 Å². The molecule has 1 saturated carbocycles. The number of benzene rings is 1. The number of hydrogen-bond acceptors (Lipinski definition) is 6. The van der Waals surface area contributed by atoms with Gasteiger partial charge >= 0.3 is 12.1 Å². The highest BCUT2D eigenvalue weighted by Crippen LogP contribution is 2.46. The molecule has 0 heterocycles. The first-order valence-electron chi connectivity index (χ1n) is 11.8. The Kier molecular flexibility index (Phi) is 9.08. The highest BCUT2D eigenvalue weighted by atomic mass is 32.2. The minimum atomic E-state index is -3.84. The molecule has 0 spiro atoms. The Balaban J connectivity index is 2.05. The Morgan fingerprint density at radius 1 is 1.14 bits per heavy atom. The van der Waals surface area contributed by atoms with E-state index in [0.717, 1.165) is 31.0 Å². The van der Waals surface area contributed by atoms with E-state index in [1.807, 2.05) is 6.07 Å². The number of nitrogens with zero attached hydrogens (tertiary/aromatic N) is 1. The standard InChI is InChI=1S/C25H37FN2O6S/c1-23(2,3)33-21(29)20(28-22(30)34-24(4,5)6)11-15-27-35(31,32)16-14-25(12-8-13-25)18-9-7-10-19(26)17-18/h7,9-10,15,17,20H,8,11-14,16H2,1-6H3,(H,28,30)/t20-/m0/s1. The van der Waals surface area contributed by atoms with Crippen molar-refractivity contribution in [3.8, 4) is 0 Å². The maximum Gasteiger partial charge on any atom is 0.408 e. The van der Waals surface area contributed by atoms with Crippen LogP contribution in [0.2, 0.25) is 0 Å². The van der Waals surface area contributed by atoms with Gasteiger partial charge in [-0.3, -0.25) is 0 Å². The van der Waals surface area contributed by atoms with Crippen molar-refractivity contribution in [2.45, 2.75) is 96.3 Å². The van der Waals surface area contributed by atoms with Crippen molar-refractivity contribution in [2.75, 3.05) is 5.75 Å². The van der Waals surface area contributed by atoms with Gasteiger partial charge in [0.1, 0.15) is 23.1 Å². The maximum atomic E-state index is 13.7. The third-order valence-electron chi connectivity index (χ3n) is 5.54. The number of hydrogen-bond donors (Lipinski definition) is 1. The van der Waals surface area contributed by atoms with Gasteiger partial charge in [0.25, 0.3) is 10.0 Å². The van der Waals surface area contributed by atoms with Crippen molar-refractivity contribution in [1.29, 1.82) is 0 Å². The van der Waals surface area contributed by atoms with Gasteiger partial charge in [0.15, 0.2) is 0 Å². The summed E-state index contributed by atoms with van der Waals surface area (Å²) in [6, 6.07) is 5.11. The smallest absolute Gasteiger partial charge is 0.408 e. The summed E-state index contributed by atoms with van der Waals surface area (Å²) < 4.78 is 53.1. The van der Waals surface area contributed by atoms with Gasteiger partial charge in [0.2, 0.25) is 0 Å². The first-order chi connectivity index (χ1) is 16.0. The first kappa shape index (κ1) is 28.7. The van der Waals surface area contributed by atoms with E-state index in [4.69, 9.17) is 9.47 Å². The molecular formula is C25H37FN2O6S. The normalized spacial score (nSPS) is 16.9. The van der Waals surface area contributed by atoms with Crippen LogP contribution in [0, 0.1) is 5.82 Å². The van der Waals surface area contributed by atoms with E-state index in [-0.39, 0.29) is 23.4 Å². The van der Waals surface area contributed by atoms with Gasteiger partial charge in [0.05, 0.1) is 5.75 Å². The zero-order valence-electron chi connectivity index (χ0n) is 21.4. The topological polar surface area (TPSA) is 111 Å². The zero-order chi connectivity index (χ0) is 26.5. The lowest BCUT2D eigenvalue weighted by Crippen LogP contribution is -2.46. The van der Waals surface area contributed by atoms with Crippen LogP contribution in [0.5, 0.6) is 0 Å². The molecule has 35 heavy (non-hydrogen) atoms. The highest BCUT2D eigenvalue weighted by molar-refractivity contribution is 7.90. The average molecular weight is 513 g/mol. The lowest BCUT2D eigenvalue weighted by Gasteiger charge is -2.42. The van der Waals surface area contributed by atoms with Crippen molar-refractivity contribution < 1.29 is 31.9 Å². The summed E-state index contributed by atoms with van der Waals surface area (Å²) in [5.41, 5.74) is -1.15. The van der Waals surface area contributed by atoms with E-state index < -0.39 is 39.3 Å². The van der Waals surface area contributed by atoms with Crippen molar-refractivity contribution in [1.82, 2.24) is 5.32 Å². The number of carbonyl (C=O) groups excluding carboxylic acids is 2. The Hall–Kier alpha value is -2.49. The number of amides is 1. The summed E-state index contributed by atoms with van der Waals surface area (Å²) in [7, 11) is -3.84. The molecule has 1 aromatic rings. The third-order valence-corrected chi connectivity index (χ3v) is 6.74. The lowest BCUT2D eigenvalue weighted by molar-refractivity contribution is -0.157. The highest BCUT2D eigenvalue weighted by Gasteiger charge is 2.39. The van der Waals surface area contributed by atoms with Crippen LogP contribution in [-0.2, 0) is 29.7 Å². The van der Waals surface area contributed by atoms with E-state index in [2.05, 4.69) is 9.71 Å². The van der Waals surface area contributed by atoms with Crippen LogP contribution in [0.3, 0.4) is 0 Å². The number of carbonyl (C=O) groups is 2. The summed E-state index contributed by atoms with van der Waals surface area (Å²) in [5.74, 6) is -1.29. The van der Waals surface area contributed by atoms with Gasteiger partial charge in [-0.1, -0.05) is 18.6 Å². The molecule has 1 aromatic carbocycles. The second-order valence-electron chi connectivity index (χ2n) is 10.9. The molecule has 0 aromatic heterocycles. The molecule has 10 heteroatoms. The lowest BCUT2D eigenvalue weighted by atomic mass is 9.63. The van der Waals surface area contributed by atoms with Crippen LogP contribution >= 0.6 is 0 Å². The Morgan fingerprint density at radius 2 is 1.77 bits per heavy atom. The van der Waals surface area contributed by atoms with Gasteiger partial charge in [-0.25, -0.2) is 22.4 Å². The van der Waals surface area contributed by atoms with Gasteiger partial charge < -0.3 is 14.8 Å². The monoisotopic (exact) mass is 512 g/mol. The molecule has 1 aliphatic carbocycles. The molecule has 0 bridgehead atoms. The number of nitrogens with one attached hydrogen (secondary N) is 1. The van der Waals surface area contributed by atoms with E-state index in [0.29, 0.717) is 6.42 Å². The van der Waals surface area contributed by atoms with Crippen LogP contribution < -0.4 is 5.32 Å². The Morgan fingerprint density at radius 3 is 2.29 bits per heavy atom. The van der Waals surface area contributed by atoms with Crippen LogP contribution in [0.4, 0.5) is 9.18 Å². The second-order valence-corrected chi connectivity index (χ2v) is 12.7. The minimum absolute atomic E-state index is 0.192. The molecule has 1 atom stereocenters. The van der Waals surface area contributed by atoms with Crippen LogP contribution in [0.15, 0.2) is 28.7 Å². The molecule has 0 saturated heterocycles. The van der Waals surface area contributed by atoms with E-state index in [1.54, 1.807) is 47.6 Å². The molecule has 0 aliphatic heterocycles. The second kappa shape index (κ2) is 11.1. The van der Waals surface area contributed by atoms with Gasteiger partial charge in [-0.2, -0.15) is 4.40 Å². The molecule has 1 aliphatic rings. The quantitative estimate of drug-likeness (QED) is 0.380. The number of halogens is 1. The minimum Gasteiger partial charge on any atom is -0.458 e. The van der Waals surface area contributed by atoms with E-state index in [1.165, 1.54) is 12.1 Å². The summed E-state index contributed by atoms with van der Waals surface area (Å²) in [6.45, 7) is 10.1. The molecule has 0 unspecified atom stereocenters. The van der Waals surface area contributed by atoms with Crippen molar-refractivity contribution in [3.05, 3.63) is 35.6 Å². The van der Waals surface area contributed by atoms with Crippen LogP contribution in [0.1, 0.15) is 79.2 Å². The first-order valence-corrected chi connectivity index (χ1v) is 13.4. The van der Waals surface area contributed by atoms with Crippen molar-refractivity contribution in [2.24, 2.45) is 4.40 Å². The van der Waals surface area contributed by atoms with Gasteiger partial charge in [-0.05, 0) is 83.9 Å². The fourth-order valence-corrected chi connectivity index (χ4v) is 4.85. The number of sulfonamides is 1. The number of rotatable bonds is 9. The maximum absolute atomic E-state index is 13.7. The molecule has 196 valence electrons. The largest absolute Gasteiger partial charge is 0.458 e. The van der Waals surface area contributed by atoms with Gasteiger partial charge in [0, 0.05) is 12.6 Å². The fourth-order valence-electron chi connectivity index (χ4n) is 3.78. The molecule has 1 fully saturated rings. The predicted octanol–water partition coefficient (Wildman–Crippen LogP) is 4.66. The van der Waals surface area contributed by atoms with Crippen molar-refractivity contribution in [3.63, 3.8) is 0 Å².